The van der Waals surface area contributed by atoms with Gasteiger partial charge in [0.15, 0.2) is 0 Å². The van der Waals surface area contributed by atoms with Gasteiger partial charge >= 0.3 is 0 Å². The maximum absolute atomic E-state index is 12.4. The van der Waals surface area contributed by atoms with Gasteiger partial charge in [0.05, 0.1) is 5.92 Å². The summed E-state index contributed by atoms with van der Waals surface area (Å²) in [4.78, 5) is 14.3. The second-order valence-corrected chi connectivity index (χ2v) is 5.05. The first-order valence-corrected chi connectivity index (χ1v) is 6.32. The van der Waals surface area contributed by atoms with Crippen molar-refractivity contribution in [3.63, 3.8) is 0 Å². The Kier molecular flexibility index (Phi) is 2.63. The molecule has 2 atom stereocenters. The highest BCUT2D eigenvalue weighted by Gasteiger charge is 2.35. The van der Waals surface area contributed by atoms with Crippen molar-refractivity contribution in [2.24, 2.45) is 0 Å². The Balaban J connectivity index is 1.72. The molecule has 1 saturated heterocycles. The van der Waals surface area contributed by atoms with Crippen LogP contribution in [0.4, 0.5) is 0 Å². The van der Waals surface area contributed by atoms with Gasteiger partial charge in [-0.15, -0.1) is 0 Å². The van der Waals surface area contributed by atoms with Crippen molar-refractivity contribution < 1.29 is 4.79 Å². The highest BCUT2D eigenvalue weighted by atomic mass is 16.2. The molecule has 0 bridgehead atoms. The summed E-state index contributed by atoms with van der Waals surface area (Å²) in [5.41, 5.74) is 2.57. The van der Waals surface area contributed by atoms with Crippen LogP contribution in [-0.2, 0) is 11.2 Å². The Hall–Kier alpha value is -1.35. The van der Waals surface area contributed by atoms with E-state index in [0.29, 0.717) is 6.04 Å². The Morgan fingerprint density at radius 2 is 2.24 bits per heavy atom. The molecule has 0 spiro atoms. The first kappa shape index (κ1) is 10.8. The molecule has 1 heterocycles. The Bertz CT molecular complexity index is 438. The summed E-state index contributed by atoms with van der Waals surface area (Å²) in [5.74, 6) is 0.397. The first-order valence-electron chi connectivity index (χ1n) is 6.32. The molecule has 1 N–H and O–H groups in total. The minimum absolute atomic E-state index is 0.108. The summed E-state index contributed by atoms with van der Waals surface area (Å²) >= 11 is 0. The van der Waals surface area contributed by atoms with E-state index in [-0.39, 0.29) is 11.8 Å². The van der Waals surface area contributed by atoms with Crippen LogP contribution in [0, 0.1) is 0 Å². The molecule has 2 unspecified atom stereocenters. The van der Waals surface area contributed by atoms with Crippen LogP contribution in [0.2, 0.25) is 0 Å². The van der Waals surface area contributed by atoms with Crippen molar-refractivity contribution in [3.8, 4) is 0 Å². The fraction of sp³-hybridized carbons (Fsp3) is 0.500. The van der Waals surface area contributed by atoms with E-state index in [2.05, 4.69) is 17.4 Å². The summed E-state index contributed by atoms with van der Waals surface area (Å²) < 4.78 is 0. The van der Waals surface area contributed by atoms with Crippen LogP contribution in [0.1, 0.15) is 23.5 Å². The van der Waals surface area contributed by atoms with Crippen LogP contribution in [0.5, 0.6) is 0 Å². The molecule has 0 aromatic heterocycles. The molecule has 3 nitrogen and oxygen atoms in total. The zero-order chi connectivity index (χ0) is 11.8. The smallest absolute Gasteiger partial charge is 0.230 e. The molecular weight excluding hydrogens is 212 g/mol. The number of fused-ring (bicyclic) bond motifs is 1. The standard InChI is InChI=1S/C14H18N2O/c1-16(11-6-7-15-9-11)14(17)13-8-10-4-2-3-5-12(10)13/h2-5,11,13,15H,6-9H2,1H3. The van der Waals surface area contributed by atoms with Gasteiger partial charge in [0.2, 0.25) is 5.91 Å². The third kappa shape index (κ3) is 1.75. The summed E-state index contributed by atoms with van der Waals surface area (Å²) in [5, 5.41) is 3.31. The van der Waals surface area contributed by atoms with Crippen molar-refractivity contribution in [2.45, 2.75) is 24.8 Å². The van der Waals surface area contributed by atoms with Crippen LogP contribution in [0.3, 0.4) is 0 Å². The van der Waals surface area contributed by atoms with Crippen molar-refractivity contribution in [2.75, 3.05) is 20.1 Å². The van der Waals surface area contributed by atoms with Gasteiger partial charge in [0.1, 0.15) is 0 Å². The summed E-state index contributed by atoms with van der Waals surface area (Å²) in [6.07, 6.45) is 2.00. The second kappa shape index (κ2) is 4.15. The molecule has 3 heteroatoms. The molecule has 0 saturated carbocycles. The lowest BCUT2D eigenvalue weighted by atomic mass is 9.76. The molecule has 1 aliphatic heterocycles. The zero-order valence-electron chi connectivity index (χ0n) is 10.1. The molecule has 2 aliphatic rings. The second-order valence-electron chi connectivity index (χ2n) is 5.05. The maximum atomic E-state index is 12.4. The lowest BCUT2D eigenvalue weighted by Gasteiger charge is -2.34. The summed E-state index contributed by atoms with van der Waals surface area (Å²) in [7, 11) is 1.95. The maximum Gasteiger partial charge on any atom is 0.230 e. The van der Waals surface area contributed by atoms with Gasteiger partial charge in [-0.1, -0.05) is 24.3 Å². The molecule has 1 fully saturated rings. The van der Waals surface area contributed by atoms with E-state index in [1.54, 1.807) is 0 Å². The van der Waals surface area contributed by atoms with Crippen molar-refractivity contribution in [1.29, 1.82) is 0 Å². The largest absolute Gasteiger partial charge is 0.341 e. The van der Waals surface area contributed by atoms with Crippen LogP contribution >= 0.6 is 0 Å². The van der Waals surface area contributed by atoms with E-state index in [9.17, 15) is 4.79 Å². The van der Waals surface area contributed by atoms with Gasteiger partial charge in [-0.2, -0.15) is 0 Å². The van der Waals surface area contributed by atoms with Gasteiger partial charge < -0.3 is 10.2 Å². The SMILES string of the molecule is CN(C(=O)C1Cc2ccccc21)C1CCNC1. The van der Waals surface area contributed by atoms with Crippen molar-refractivity contribution in [1.82, 2.24) is 10.2 Å². The normalized spacial score (nSPS) is 26.2. The molecule has 3 rings (SSSR count). The fourth-order valence-corrected chi connectivity index (χ4v) is 2.87. The third-order valence-electron chi connectivity index (χ3n) is 4.08. The first-order chi connectivity index (χ1) is 8.27. The number of hydrogen-bond acceptors (Lipinski definition) is 2. The minimum Gasteiger partial charge on any atom is -0.341 e. The van der Waals surface area contributed by atoms with Crippen molar-refractivity contribution >= 4 is 5.91 Å². The Morgan fingerprint density at radius 1 is 1.41 bits per heavy atom. The fourth-order valence-electron chi connectivity index (χ4n) is 2.87. The predicted molar refractivity (Wildman–Crippen MR) is 66.9 cm³/mol. The zero-order valence-corrected chi connectivity index (χ0v) is 10.1. The number of rotatable bonds is 2. The van der Waals surface area contributed by atoms with Crippen molar-refractivity contribution in [3.05, 3.63) is 35.4 Å². The highest BCUT2D eigenvalue weighted by Crippen LogP contribution is 2.36. The van der Waals surface area contributed by atoms with E-state index in [4.69, 9.17) is 0 Å². The average molecular weight is 230 g/mol. The Morgan fingerprint density at radius 3 is 2.94 bits per heavy atom. The van der Waals surface area contributed by atoms with E-state index in [0.717, 1.165) is 25.9 Å². The monoisotopic (exact) mass is 230 g/mol. The number of hydrogen-bond donors (Lipinski definition) is 1. The van der Waals surface area contributed by atoms with E-state index >= 15 is 0 Å². The van der Waals surface area contributed by atoms with Crippen LogP contribution in [0.25, 0.3) is 0 Å². The van der Waals surface area contributed by atoms with E-state index < -0.39 is 0 Å². The predicted octanol–water partition coefficient (Wildman–Crippen LogP) is 1.15. The van der Waals surface area contributed by atoms with Crippen LogP contribution < -0.4 is 5.32 Å². The molecule has 0 radical (unpaired) electrons. The van der Waals surface area contributed by atoms with E-state index in [1.807, 2.05) is 24.1 Å². The number of likely N-dealkylation sites (N-methyl/N-ethyl adjacent to an activating group) is 1. The van der Waals surface area contributed by atoms with Gasteiger partial charge in [-0.3, -0.25) is 4.79 Å². The van der Waals surface area contributed by atoms with Gasteiger partial charge in [-0.05, 0) is 30.5 Å². The lowest BCUT2D eigenvalue weighted by molar-refractivity contribution is -0.133. The molecule has 90 valence electrons. The number of amides is 1. The third-order valence-corrected chi connectivity index (χ3v) is 4.08. The molecule has 1 aromatic rings. The quantitative estimate of drug-likeness (QED) is 0.826. The highest BCUT2D eigenvalue weighted by molar-refractivity contribution is 5.87. The minimum atomic E-state index is 0.108. The van der Waals surface area contributed by atoms with Gasteiger partial charge in [-0.25, -0.2) is 0 Å². The molecule has 1 aromatic carbocycles. The van der Waals surface area contributed by atoms with E-state index in [1.165, 1.54) is 11.1 Å². The number of nitrogens with one attached hydrogen (secondary N) is 1. The van der Waals surface area contributed by atoms with Crippen LogP contribution in [0.15, 0.2) is 24.3 Å². The number of benzene rings is 1. The summed E-state index contributed by atoms with van der Waals surface area (Å²) in [6, 6.07) is 8.66. The molecule has 1 amide bonds. The molecule has 1 aliphatic carbocycles. The van der Waals surface area contributed by atoms with Gasteiger partial charge in [0.25, 0.3) is 0 Å². The number of carbonyl (C=O) groups is 1. The number of nitrogens with zero attached hydrogens (tertiary/aromatic N) is 1. The molecular formula is C14H18N2O. The van der Waals surface area contributed by atoms with Gasteiger partial charge in [0, 0.05) is 19.6 Å². The summed E-state index contributed by atoms with van der Waals surface area (Å²) in [6.45, 7) is 1.97. The Labute approximate surface area is 102 Å². The van der Waals surface area contributed by atoms with Crippen LogP contribution in [-0.4, -0.2) is 37.0 Å². The molecule has 17 heavy (non-hydrogen) atoms. The topological polar surface area (TPSA) is 32.3 Å². The average Bonchev–Trinajstić information content (AvgIpc) is 2.83. The number of carbonyl (C=O) groups excluding carboxylic acids is 1. The lowest BCUT2D eigenvalue weighted by Crippen LogP contribution is -2.43.